The van der Waals surface area contributed by atoms with Crippen molar-refractivity contribution in [3.05, 3.63) is 64.9 Å². The van der Waals surface area contributed by atoms with Gasteiger partial charge in [-0.05, 0) is 62.1 Å². The molecule has 1 aromatic rings. The summed E-state index contributed by atoms with van der Waals surface area (Å²) in [6.45, 7) is 8.45. The molecular weight excluding hydrogens is 268 g/mol. The fourth-order valence-electron chi connectivity index (χ4n) is 2.80. The number of nitrogens with two attached hydrogens (primary N) is 1. The van der Waals surface area contributed by atoms with Crippen LogP contribution in [0.2, 0.25) is 0 Å². The molecule has 0 saturated heterocycles. The molecule has 2 nitrogen and oxygen atoms in total. The second kappa shape index (κ2) is 9.26. The van der Waals surface area contributed by atoms with Crippen LogP contribution in [0.3, 0.4) is 0 Å². The molecule has 1 atom stereocenters. The minimum atomic E-state index is 0.110. The minimum absolute atomic E-state index is 0.110. The average Bonchev–Trinajstić information content (AvgIpc) is 2.56. The van der Waals surface area contributed by atoms with E-state index in [0.29, 0.717) is 0 Å². The Morgan fingerprint density at radius 3 is 2.36 bits per heavy atom. The first-order valence-corrected chi connectivity index (χ1v) is 8.17. The Bertz CT molecular complexity index is 565. The van der Waals surface area contributed by atoms with E-state index in [-0.39, 0.29) is 6.04 Å². The summed E-state index contributed by atoms with van der Waals surface area (Å²) in [6, 6.07) is 8.70. The summed E-state index contributed by atoms with van der Waals surface area (Å²) >= 11 is 0. The molecule has 0 amide bonds. The van der Waals surface area contributed by atoms with E-state index in [0.717, 1.165) is 18.5 Å². The van der Waals surface area contributed by atoms with Gasteiger partial charge in [0.05, 0.1) is 6.04 Å². The van der Waals surface area contributed by atoms with Crippen LogP contribution in [0.25, 0.3) is 5.57 Å². The number of rotatable bonds is 7. The molecule has 0 saturated carbocycles. The maximum atomic E-state index is 6.28. The van der Waals surface area contributed by atoms with Gasteiger partial charge < -0.3 is 11.1 Å². The van der Waals surface area contributed by atoms with Crippen LogP contribution in [0.5, 0.6) is 0 Å². The number of nitrogens with one attached hydrogen (secondary N) is 1. The van der Waals surface area contributed by atoms with E-state index in [4.69, 9.17) is 5.73 Å². The maximum absolute atomic E-state index is 6.28. The molecule has 3 N–H and O–H groups in total. The highest BCUT2D eigenvalue weighted by Crippen LogP contribution is 2.25. The molecule has 0 heterocycles. The molecule has 0 spiro atoms. The van der Waals surface area contributed by atoms with Crippen LogP contribution >= 0.6 is 0 Å². The van der Waals surface area contributed by atoms with Crippen molar-refractivity contribution in [1.82, 2.24) is 5.32 Å². The monoisotopic (exact) mass is 298 g/mol. The highest BCUT2D eigenvalue weighted by atomic mass is 14.9. The predicted molar refractivity (Wildman–Crippen MR) is 98.6 cm³/mol. The number of benzene rings is 1. The van der Waals surface area contributed by atoms with Gasteiger partial charge in [0.1, 0.15) is 0 Å². The van der Waals surface area contributed by atoms with Crippen molar-refractivity contribution in [2.75, 3.05) is 7.05 Å². The van der Waals surface area contributed by atoms with Gasteiger partial charge in [-0.15, -0.1) is 0 Å². The number of hydrogen-bond acceptors (Lipinski definition) is 2. The lowest BCUT2D eigenvalue weighted by molar-refractivity contribution is 0.795. The first-order valence-electron chi connectivity index (χ1n) is 8.17. The maximum Gasteiger partial charge on any atom is 0.0529 e. The van der Waals surface area contributed by atoms with Crippen molar-refractivity contribution in [3.63, 3.8) is 0 Å². The average molecular weight is 298 g/mol. The van der Waals surface area contributed by atoms with Gasteiger partial charge in [-0.1, -0.05) is 50.3 Å². The highest BCUT2D eigenvalue weighted by molar-refractivity contribution is 5.73. The molecule has 0 radical (unpaired) electrons. The Balaban J connectivity index is 3.24. The Hall–Kier alpha value is -1.80. The normalized spacial score (nSPS) is 15.0. The minimum Gasteiger partial charge on any atom is -0.399 e. The van der Waals surface area contributed by atoms with E-state index in [1.54, 1.807) is 0 Å². The van der Waals surface area contributed by atoms with Crippen molar-refractivity contribution in [2.24, 2.45) is 5.73 Å². The first-order chi connectivity index (χ1) is 10.6. The summed E-state index contributed by atoms with van der Waals surface area (Å²) in [4.78, 5) is 0. The van der Waals surface area contributed by atoms with E-state index >= 15 is 0 Å². The van der Waals surface area contributed by atoms with Crippen molar-refractivity contribution < 1.29 is 0 Å². The first kappa shape index (κ1) is 18.2. The zero-order valence-electron chi connectivity index (χ0n) is 14.6. The lowest BCUT2D eigenvalue weighted by Crippen LogP contribution is -2.26. The van der Waals surface area contributed by atoms with Crippen LogP contribution in [0, 0.1) is 0 Å². The summed E-state index contributed by atoms with van der Waals surface area (Å²) in [5.41, 5.74) is 12.3. The van der Waals surface area contributed by atoms with E-state index < -0.39 is 0 Å². The van der Waals surface area contributed by atoms with Gasteiger partial charge in [0.25, 0.3) is 0 Å². The number of likely N-dealkylation sites (N-methyl/N-ethyl adjacent to an activating group) is 1. The smallest absolute Gasteiger partial charge is 0.0529 e. The van der Waals surface area contributed by atoms with E-state index in [2.05, 4.69) is 68.6 Å². The molecular formula is C20H30N2. The molecule has 0 aromatic heterocycles. The van der Waals surface area contributed by atoms with Gasteiger partial charge in [-0.3, -0.25) is 0 Å². The second-order valence-electron chi connectivity index (χ2n) is 5.31. The zero-order chi connectivity index (χ0) is 16.5. The lowest BCUT2D eigenvalue weighted by atomic mass is 9.91. The van der Waals surface area contributed by atoms with Gasteiger partial charge >= 0.3 is 0 Å². The quantitative estimate of drug-likeness (QED) is 0.730. The fraction of sp³-hybridized carbons (Fsp3) is 0.400. The summed E-state index contributed by atoms with van der Waals surface area (Å²) in [5, 5.41) is 3.38. The van der Waals surface area contributed by atoms with Gasteiger partial charge in [0.15, 0.2) is 0 Å². The van der Waals surface area contributed by atoms with Gasteiger partial charge in [0.2, 0.25) is 0 Å². The van der Waals surface area contributed by atoms with E-state index in [1.807, 2.05) is 14.0 Å². The SMILES string of the molecule is C/C=C(CC)/C(N)=C/C(NC)/C(=C/C)c1ccccc1CC. The summed E-state index contributed by atoms with van der Waals surface area (Å²) in [7, 11) is 1.98. The summed E-state index contributed by atoms with van der Waals surface area (Å²) < 4.78 is 0. The van der Waals surface area contributed by atoms with Crippen molar-refractivity contribution in [3.8, 4) is 0 Å². The van der Waals surface area contributed by atoms with Crippen LogP contribution in [0.4, 0.5) is 0 Å². The Morgan fingerprint density at radius 1 is 1.18 bits per heavy atom. The molecule has 120 valence electrons. The molecule has 1 aromatic carbocycles. The molecule has 1 rings (SSSR count). The van der Waals surface area contributed by atoms with Gasteiger partial charge in [-0.25, -0.2) is 0 Å². The summed E-state index contributed by atoms with van der Waals surface area (Å²) in [5.74, 6) is 0. The molecule has 0 bridgehead atoms. The van der Waals surface area contributed by atoms with E-state index in [9.17, 15) is 0 Å². The predicted octanol–water partition coefficient (Wildman–Crippen LogP) is 4.44. The molecule has 2 heteroatoms. The van der Waals surface area contributed by atoms with Crippen LogP contribution < -0.4 is 11.1 Å². The Morgan fingerprint density at radius 2 is 1.86 bits per heavy atom. The fourth-order valence-corrected chi connectivity index (χ4v) is 2.80. The van der Waals surface area contributed by atoms with Crippen LogP contribution in [0.15, 0.2) is 53.8 Å². The lowest BCUT2D eigenvalue weighted by Gasteiger charge is -2.20. The van der Waals surface area contributed by atoms with Crippen molar-refractivity contribution >= 4 is 5.57 Å². The third-order valence-corrected chi connectivity index (χ3v) is 4.11. The van der Waals surface area contributed by atoms with Crippen LogP contribution in [0.1, 0.15) is 45.2 Å². The van der Waals surface area contributed by atoms with Crippen LogP contribution in [-0.4, -0.2) is 13.1 Å². The standard InChI is InChI=1S/C20H30N2/c1-6-15(7-2)19(21)14-20(22-5)17(9-4)18-13-11-10-12-16(18)8-3/h6,9-14,20,22H,7-8,21H2,1-5H3/b15-6+,17-9+,19-14-. The number of allylic oxidation sites excluding steroid dienone is 3. The molecule has 1 unspecified atom stereocenters. The number of aryl methyl sites for hydroxylation is 1. The molecule has 0 aliphatic carbocycles. The Kier molecular flexibility index (Phi) is 7.69. The molecule has 0 fully saturated rings. The Labute approximate surface area is 135 Å². The largest absolute Gasteiger partial charge is 0.399 e. The van der Waals surface area contributed by atoms with Crippen LogP contribution in [-0.2, 0) is 6.42 Å². The van der Waals surface area contributed by atoms with E-state index in [1.165, 1.54) is 22.3 Å². The third kappa shape index (κ3) is 4.35. The van der Waals surface area contributed by atoms with Gasteiger partial charge in [-0.2, -0.15) is 0 Å². The third-order valence-electron chi connectivity index (χ3n) is 4.11. The van der Waals surface area contributed by atoms with Crippen molar-refractivity contribution in [1.29, 1.82) is 0 Å². The van der Waals surface area contributed by atoms with Crippen molar-refractivity contribution in [2.45, 2.75) is 46.6 Å². The zero-order valence-corrected chi connectivity index (χ0v) is 14.6. The second-order valence-corrected chi connectivity index (χ2v) is 5.31. The number of hydrogen-bond donors (Lipinski definition) is 2. The molecule has 0 aliphatic rings. The molecule has 0 aliphatic heterocycles. The summed E-state index contributed by atoms with van der Waals surface area (Å²) in [6.07, 6.45) is 8.37. The topological polar surface area (TPSA) is 38.0 Å². The highest BCUT2D eigenvalue weighted by Gasteiger charge is 2.14. The molecule has 22 heavy (non-hydrogen) atoms. The van der Waals surface area contributed by atoms with Gasteiger partial charge in [0, 0.05) is 5.70 Å².